The van der Waals surface area contributed by atoms with Gasteiger partial charge in [0.15, 0.2) is 0 Å². The second-order valence-corrected chi connectivity index (χ2v) is 12.9. The number of nitrogens with one attached hydrogen (secondary N) is 1. The molecule has 1 N–H and O–H groups in total. The van der Waals surface area contributed by atoms with Crippen molar-refractivity contribution in [3.8, 4) is 0 Å². The zero-order valence-electron chi connectivity index (χ0n) is 24.2. The second-order valence-electron chi connectivity index (χ2n) is 10.2. The SMILES string of the molecule is CCNC(=O)[C@H](Cc1ccccc1)N(Cc1ccc(F)cc1)C(=O)CN(c1cc(Cl)ccc1Cl)S(=O)(=O)c1ccc(C)cc1. The van der Waals surface area contributed by atoms with Crippen LogP contribution in [0.1, 0.15) is 23.6 Å². The molecule has 0 saturated carbocycles. The first-order valence-corrected chi connectivity index (χ1v) is 16.1. The lowest BCUT2D eigenvalue weighted by Crippen LogP contribution is -2.53. The van der Waals surface area contributed by atoms with Gasteiger partial charge in [-0.25, -0.2) is 12.8 Å². The van der Waals surface area contributed by atoms with Crippen LogP contribution in [0.4, 0.5) is 10.1 Å². The largest absolute Gasteiger partial charge is 0.355 e. The first-order valence-electron chi connectivity index (χ1n) is 13.9. The van der Waals surface area contributed by atoms with Crippen LogP contribution in [0, 0.1) is 12.7 Å². The fourth-order valence-corrected chi connectivity index (χ4v) is 6.52. The van der Waals surface area contributed by atoms with Gasteiger partial charge in [-0.2, -0.15) is 0 Å². The molecule has 0 heterocycles. The van der Waals surface area contributed by atoms with Crippen molar-refractivity contribution in [1.82, 2.24) is 10.2 Å². The molecule has 0 radical (unpaired) electrons. The van der Waals surface area contributed by atoms with Crippen molar-refractivity contribution < 1.29 is 22.4 Å². The van der Waals surface area contributed by atoms with Crippen LogP contribution in [0.2, 0.25) is 10.0 Å². The summed E-state index contributed by atoms with van der Waals surface area (Å²) in [4.78, 5) is 29.1. The van der Waals surface area contributed by atoms with Crippen molar-refractivity contribution in [2.45, 2.75) is 37.8 Å². The molecule has 4 aromatic rings. The summed E-state index contributed by atoms with van der Waals surface area (Å²) >= 11 is 12.7. The van der Waals surface area contributed by atoms with E-state index in [0.29, 0.717) is 12.1 Å². The Morgan fingerprint density at radius 1 is 0.886 bits per heavy atom. The molecule has 2 amide bonds. The van der Waals surface area contributed by atoms with Crippen molar-refractivity contribution in [3.63, 3.8) is 0 Å². The van der Waals surface area contributed by atoms with Gasteiger partial charge in [-0.3, -0.25) is 13.9 Å². The third-order valence-corrected chi connectivity index (χ3v) is 9.28. The van der Waals surface area contributed by atoms with Gasteiger partial charge in [0.2, 0.25) is 11.8 Å². The van der Waals surface area contributed by atoms with Gasteiger partial charge in [-0.1, -0.05) is 83.4 Å². The number of halogens is 3. The summed E-state index contributed by atoms with van der Waals surface area (Å²) < 4.78 is 42.9. The molecule has 0 fully saturated rings. The molecule has 11 heteroatoms. The normalized spacial score (nSPS) is 11.9. The van der Waals surface area contributed by atoms with Crippen LogP contribution in [0.25, 0.3) is 0 Å². The second kappa shape index (κ2) is 14.7. The minimum Gasteiger partial charge on any atom is -0.355 e. The van der Waals surface area contributed by atoms with Gasteiger partial charge < -0.3 is 10.2 Å². The highest BCUT2D eigenvalue weighted by Crippen LogP contribution is 2.33. The predicted molar refractivity (Wildman–Crippen MR) is 172 cm³/mol. The van der Waals surface area contributed by atoms with Gasteiger partial charge in [0, 0.05) is 24.5 Å². The maximum Gasteiger partial charge on any atom is 0.264 e. The number of aryl methyl sites for hydroxylation is 1. The summed E-state index contributed by atoms with van der Waals surface area (Å²) in [5.41, 5.74) is 2.20. The van der Waals surface area contributed by atoms with E-state index in [9.17, 15) is 22.4 Å². The van der Waals surface area contributed by atoms with Crippen LogP contribution < -0.4 is 9.62 Å². The monoisotopic (exact) mass is 655 g/mol. The molecule has 44 heavy (non-hydrogen) atoms. The minimum absolute atomic E-state index is 0.00689. The van der Waals surface area contributed by atoms with E-state index in [2.05, 4.69) is 5.32 Å². The average molecular weight is 657 g/mol. The van der Waals surface area contributed by atoms with E-state index in [1.165, 1.54) is 59.5 Å². The molecule has 0 aliphatic carbocycles. The number of anilines is 1. The number of likely N-dealkylation sites (N-methyl/N-ethyl adjacent to an activating group) is 1. The summed E-state index contributed by atoms with van der Waals surface area (Å²) in [6.45, 7) is 3.13. The number of hydrogen-bond donors (Lipinski definition) is 1. The van der Waals surface area contributed by atoms with Gasteiger partial charge in [-0.15, -0.1) is 0 Å². The fraction of sp³-hybridized carbons (Fsp3) is 0.212. The van der Waals surface area contributed by atoms with Gasteiger partial charge >= 0.3 is 0 Å². The molecule has 230 valence electrons. The van der Waals surface area contributed by atoms with Crippen molar-refractivity contribution >= 4 is 50.7 Å². The molecule has 0 aromatic heterocycles. The van der Waals surface area contributed by atoms with E-state index in [4.69, 9.17) is 23.2 Å². The Balaban J connectivity index is 1.82. The molecule has 1 atom stereocenters. The quantitative estimate of drug-likeness (QED) is 0.191. The molecule has 0 aliphatic heterocycles. The first-order chi connectivity index (χ1) is 21.0. The lowest BCUT2D eigenvalue weighted by atomic mass is 10.0. The minimum atomic E-state index is -4.34. The summed E-state index contributed by atoms with van der Waals surface area (Å²) in [6, 6.07) is 24.2. The number of benzene rings is 4. The van der Waals surface area contributed by atoms with Crippen LogP contribution in [-0.2, 0) is 32.6 Å². The summed E-state index contributed by atoms with van der Waals surface area (Å²) in [5, 5.41) is 3.07. The smallest absolute Gasteiger partial charge is 0.264 e. The third-order valence-electron chi connectivity index (χ3n) is 6.95. The van der Waals surface area contributed by atoms with Gasteiger partial charge in [0.1, 0.15) is 18.4 Å². The molecular formula is C33H32Cl2FN3O4S. The third kappa shape index (κ3) is 8.16. The highest BCUT2D eigenvalue weighted by molar-refractivity contribution is 7.92. The van der Waals surface area contributed by atoms with E-state index in [1.54, 1.807) is 19.1 Å². The van der Waals surface area contributed by atoms with Crippen molar-refractivity contribution in [2.75, 3.05) is 17.4 Å². The van der Waals surface area contributed by atoms with Crippen LogP contribution in [0.3, 0.4) is 0 Å². The first kappa shape index (κ1) is 33.0. The number of hydrogen-bond acceptors (Lipinski definition) is 4. The van der Waals surface area contributed by atoms with Gasteiger partial charge in [-0.05, 0) is 67.4 Å². The summed E-state index contributed by atoms with van der Waals surface area (Å²) in [6.07, 6.45) is 0.155. The standard InChI is InChI=1S/C33H32Cl2FN3O4S/c1-3-37-33(41)31(19-24-7-5-4-6-8-24)38(21-25-11-14-27(36)15-12-25)32(40)22-39(30-20-26(34)13-18-29(30)35)44(42,43)28-16-9-23(2)10-17-28/h4-18,20,31H,3,19,21-22H2,1-2H3,(H,37,41)/t31-/m0/s1. The van der Waals surface area contributed by atoms with Crippen LogP contribution >= 0.6 is 23.2 Å². The molecule has 0 aliphatic rings. The van der Waals surface area contributed by atoms with Crippen LogP contribution in [-0.4, -0.2) is 44.3 Å². The number of rotatable bonds is 12. The molecule has 7 nitrogen and oxygen atoms in total. The molecule has 0 saturated heterocycles. The molecule has 4 rings (SSSR count). The van der Waals surface area contributed by atoms with E-state index >= 15 is 0 Å². The van der Waals surface area contributed by atoms with Crippen molar-refractivity contribution in [2.24, 2.45) is 0 Å². The lowest BCUT2D eigenvalue weighted by Gasteiger charge is -2.34. The van der Waals surface area contributed by atoms with Crippen LogP contribution in [0.5, 0.6) is 0 Å². The zero-order valence-corrected chi connectivity index (χ0v) is 26.5. The number of carbonyl (C=O) groups excluding carboxylic acids is 2. The Kier molecular flexibility index (Phi) is 11.0. The van der Waals surface area contributed by atoms with E-state index in [-0.39, 0.29) is 33.6 Å². The maximum atomic E-state index is 14.4. The number of nitrogens with zero attached hydrogens (tertiary/aromatic N) is 2. The summed E-state index contributed by atoms with van der Waals surface area (Å²) in [5.74, 6) is -1.55. The Hall–Kier alpha value is -3.92. The number of amides is 2. The van der Waals surface area contributed by atoms with Gasteiger partial charge in [0.25, 0.3) is 10.0 Å². The van der Waals surface area contributed by atoms with E-state index < -0.39 is 40.2 Å². The molecule has 0 bridgehead atoms. The van der Waals surface area contributed by atoms with Gasteiger partial charge in [0.05, 0.1) is 15.6 Å². The highest BCUT2D eigenvalue weighted by Gasteiger charge is 2.35. The molecular weight excluding hydrogens is 624 g/mol. The Morgan fingerprint density at radius 2 is 1.55 bits per heavy atom. The number of carbonyl (C=O) groups is 2. The molecule has 0 unspecified atom stereocenters. The van der Waals surface area contributed by atoms with E-state index in [0.717, 1.165) is 15.4 Å². The molecule has 0 spiro atoms. The molecule has 4 aromatic carbocycles. The zero-order chi connectivity index (χ0) is 31.9. The highest BCUT2D eigenvalue weighted by atomic mass is 35.5. The van der Waals surface area contributed by atoms with Crippen molar-refractivity contribution in [3.05, 3.63) is 130 Å². The lowest BCUT2D eigenvalue weighted by molar-refractivity contribution is -0.140. The Bertz CT molecular complexity index is 1700. The summed E-state index contributed by atoms with van der Waals surface area (Å²) in [7, 11) is -4.34. The number of sulfonamides is 1. The van der Waals surface area contributed by atoms with Crippen molar-refractivity contribution in [1.29, 1.82) is 0 Å². The van der Waals surface area contributed by atoms with Crippen LogP contribution in [0.15, 0.2) is 102 Å². The predicted octanol–water partition coefficient (Wildman–Crippen LogP) is 6.41. The fourth-order valence-electron chi connectivity index (χ4n) is 4.66. The average Bonchev–Trinajstić information content (AvgIpc) is 3.00. The topological polar surface area (TPSA) is 86.8 Å². The Morgan fingerprint density at radius 3 is 2.18 bits per heavy atom. The Labute approximate surface area is 267 Å². The van der Waals surface area contributed by atoms with E-state index in [1.807, 2.05) is 37.3 Å². The maximum absolute atomic E-state index is 14.4.